The van der Waals surface area contributed by atoms with E-state index in [1.54, 1.807) is 0 Å². The van der Waals surface area contributed by atoms with Crippen molar-refractivity contribution in [2.45, 2.75) is 290 Å². The van der Waals surface area contributed by atoms with Gasteiger partial charge in [-0.1, -0.05) is 231 Å². The molecule has 6 heteroatoms. The van der Waals surface area contributed by atoms with Crippen molar-refractivity contribution in [2.75, 3.05) is 13.2 Å². The number of hydrogen-bond acceptors (Lipinski definition) is 6. The first-order valence-corrected chi connectivity index (χ1v) is 27.0. The van der Waals surface area contributed by atoms with Gasteiger partial charge in [0.25, 0.3) is 0 Å². The average Bonchev–Trinajstić information content (AvgIpc) is 3.27. The molecule has 0 rings (SSSR count). The first-order valence-electron chi connectivity index (χ1n) is 27.0. The molecule has 0 amide bonds. The maximum Gasteiger partial charge on any atom is 0.306 e. The lowest BCUT2D eigenvalue weighted by Gasteiger charge is -2.18. The summed E-state index contributed by atoms with van der Waals surface area (Å²) < 4.78 is 16.8. The zero-order chi connectivity index (χ0) is 45.1. The van der Waals surface area contributed by atoms with Gasteiger partial charge in [0.05, 0.1) is 0 Å². The van der Waals surface area contributed by atoms with Crippen molar-refractivity contribution in [3.8, 4) is 0 Å². The van der Waals surface area contributed by atoms with E-state index in [9.17, 15) is 14.4 Å². The Kier molecular flexibility index (Phi) is 49.3. The predicted molar refractivity (Wildman–Crippen MR) is 266 cm³/mol. The van der Waals surface area contributed by atoms with Crippen molar-refractivity contribution in [1.82, 2.24) is 0 Å². The summed E-state index contributed by atoms with van der Waals surface area (Å²) in [5, 5.41) is 0. The minimum absolute atomic E-state index is 0.0780. The molecule has 0 saturated heterocycles. The van der Waals surface area contributed by atoms with Crippen molar-refractivity contribution in [3.05, 3.63) is 36.5 Å². The van der Waals surface area contributed by atoms with Crippen LogP contribution in [0.1, 0.15) is 284 Å². The van der Waals surface area contributed by atoms with E-state index in [4.69, 9.17) is 14.2 Å². The molecule has 0 aliphatic rings. The van der Waals surface area contributed by atoms with Gasteiger partial charge in [0.2, 0.25) is 0 Å². The molecule has 0 spiro atoms. The molecule has 0 aromatic rings. The summed E-state index contributed by atoms with van der Waals surface area (Å²) in [6.45, 7) is 6.58. The maximum atomic E-state index is 12.8. The highest BCUT2D eigenvalue weighted by Crippen LogP contribution is 2.16. The lowest BCUT2D eigenvalue weighted by Crippen LogP contribution is -2.30. The van der Waals surface area contributed by atoms with Crippen LogP contribution in [0.15, 0.2) is 36.5 Å². The molecule has 362 valence electrons. The molecule has 0 aromatic heterocycles. The van der Waals surface area contributed by atoms with Crippen LogP contribution in [-0.4, -0.2) is 37.2 Å². The Morgan fingerprint density at radius 3 is 0.968 bits per heavy atom. The lowest BCUT2D eigenvalue weighted by atomic mass is 10.0. The molecule has 1 unspecified atom stereocenters. The summed E-state index contributed by atoms with van der Waals surface area (Å²) in [6, 6.07) is 0. The second kappa shape index (κ2) is 51.3. The minimum Gasteiger partial charge on any atom is -0.462 e. The second-order valence-electron chi connectivity index (χ2n) is 18.1. The number of allylic oxidation sites excluding steroid dienone is 6. The number of hydrogen-bond donors (Lipinski definition) is 0. The first kappa shape index (κ1) is 59.6. The van der Waals surface area contributed by atoms with Gasteiger partial charge in [-0.05, 0) is 70.6 Å². The SMILES string of the molecule is CCC/C=C\C/C=C\CCCCCCCC(=O)OCC(COC(=O)CCCCCCC/C=C\CCCCCCCCC)OC(=O)CCCCCCCCCCCCCCCCC. The Bertz CT molecular complexity index is 1050. The van der Waals surface area contributed by atoms with Crippen LogP contribution >= 0.6 is 0 Å². The van der Waals surface area contributed by atoms with Crippen LogP contribution in [0.5, 0.6) is 0 Å². The maximum absolute atomic E-state index is 12.8. The van der Waals surface area contributed by atoms with Crippen molar-refractivity contribution in [1.29, 1.82) is 0 Å². The van der Waals surface area contributed by atoms with Gasteiger partial charge in [-0.15, -0.1) is 0 Å². The highest BCUT2D eigenvalue weighted by molar-refractivity contribution is 5.71. The first-order chi connectivity index (χ1) is 30.5. The molecule has 0 heterocycles. The topological polar surface area (TPSA) is 78.9 Å². The van der Waals surface area contributed by atoms with E-state index < -0.39 is 6.10 Å². The molecule has 1 atom stereocenters. The molecule has 0 radical (unpaired) electrons. The zero-order valence-corrected chi connectivity index (χ0v) is 41.4. The molecule has 0 saturated carbocycles. The fourth-order valence-corrected chi connectivity index (χ4v) is 7.77. The molecule has 0 aliphatic carbocycles. The van der Waals surface area contributed by atoms with E-state index in [2.05, 4.69) is 57.2 Å². The number of carbonyl (C=O) groups excluding carboxylic acids is 3. The van der Waals surface area contributed by atoms with Crippen LogP contribution in [0, 0.1) is 0 Å². The fraction of sp³-hybridized carbons (Fsp3) is 0.839. The van der Waals surface area contributed by atoms with Crippen molar-refractivity contribution in [3.63, 3.8) is 0 Å². The third-order valence-electron chi connectivity index (χ3n) is 11.8. The van der Waals surface area contributed by atoms with Crippen LogP contribution in [-0.2, 0) is 28.6 Å². The average molecular weight is 871 g/mol. The predicted octanol–water partition coefficient (Wildman–Crippen LogP) is 17.7. The Balaban J connectivity index is 4.37. The Morgan fingerprint density at radius 1 is 0.323 bits per heavy atom. The monoisotopic (exact) mass is 871 g/mol. The largest absolute Gasteiger partial charge is 0.462 e. The van der Waals surface area contributed by atoms with Crippen LogP contribution in [0.25, 0.3) is 0 Å². The van der Waals surface area contributed by atoms with Gasteiger partial charge in [0.15, 0.2) is 6.10 Å². The molecular formula is C56H102O6. The van der Waals surface area contributed by atoms with Gasteiger partial charge in [-0.2, -0.15) is 0 Å². The molecule has 62 heavy (non-hydrogen) atoms. The van der Waals surface area contributed by atoms with Crippen molar-refractivity contribution in [2.24, 2.45) is 0 Å². The normalized spacial score (nSPS) is 12.2. The molecule has 0 aliphatic heterocycles. The smallest absolute Gasteiger partial charge is 0.306 e. The summed E-state index contributed by atoms with van der Waals surface area (Å²) in [4.78, 5) is 38.0. The lowest BCUT2D eigenvalue weighted by molar-refractivity contribution is -0.167. The number of ether oxygens (including phenoxy) is 3. The summed E-state index contributed by atoms with van der Waals surface area (Å²) in [5.74, 6) is -0.887. The van der Waals surface area contributed by atoms with Gasteiger partial charge in [-0.3, -0.25) is 14.4 Å². The highest BCUT2D eigenvalue weighted by atomic mass is 16.6. The number of esters is 3. The number of carbonyl (C=O) groups is 3. The molecule has 0 N–H and O–H groups in total. The number of unbranched alkanes of at least 4 members (excludes halogenated alkanes) is 32. The van der Waals surface area contributed by atoms with E-state index in [0.29, 0.717) is 19.3 Å². The molecule has 0 bridgehead atoms. The third kappa shape index (κ3) is 48.7. The molecule has 0 fully saturated rings. The van der Waals surface area contributed by atoms with Crippen molar-refractivity contribution < 1.29 is 28.6 Å². The standard InChI is InChI=1S/C56H102O6/c1-4-7-10-13-16-19-22-25-27-29-31-34-37-40-43-46-49-55(58)61-52-53(51-60-54(57)48-45-42-39-36-33-30-24-21-18-15-12-9-6-3)62-56(59)50-47-44-41-38-35-32-28-26-23-20-17-14-11-8-5-2/h12,15,21,24,27,29,53H,4-11,13-14,16-20,22-23,25-26,28,30-52H2,1-3H3/b15-12-,24-21-,29-27-. The number of rotatable bonds is 49. The van der Waals surface area contributed by atoms with Crippen LogP contribution < -0.4 is 0 Å². The Morgan fingerprint density at radius 2 is 0.613 bits per heavy atom. The van der Waals surface area contributed by atoms with Gasteiger partial charge in [0.1, 0.15) is 13.2 Å². The van der Waals surface area contributed by atoms with Crippen molar-refractivity contribution >= 4 is 17.9 Å². The van der Waals surface area contributed by atoms with Gasteiger partial charge < -0.3 is 14.2 Å². The van der Waals surface area contributed by atoms with Gasteiger partial charge in [-0.25, -0.2) is 0 Å². The molecule has 6 nitrogen and oxygen atoms in total. The van der Waals surface area contributed by atoms with Crippen LogP contribution in [0.4, 0.5) is 0 Å². The van der Waals surface area contributed by atoms with Crippen LogP contribution in [0.2, 0.25) is 0 Å². The zero-order valence-electron chi connectivity index (χ0n) is 41.4. The summed E-state index contributed by atoms with van der Waals surface area (Å²) in [7, 11) is 0. The molecular weight excluding hydrogens is 769 g/mol. The van der Waals surface area contributed by atoms with E-state index in [-0.39, 0.29) is 31.1 Å². The van der Waals surface area contributed by atoms with Crippen LogP contribution in [0.3, 0.4) is 0 Å². The second-order valence-corrected chi connectivity index (χ2v) is 18.1. The Labute approximate surface area is 385 Å². The molecule has 0 aromatic carbocycles. The third-order valence-corrected chi connectivity index (χ3v) is 11.8. The minimum atomic E-state index is -0.777. The van der Waals surface area contributed by atoms with E-state index in [1.165, 1.54) is 154 Å². The Hall–Kier alpha value is -2.37. The van der Waals surface area contributed by atoms with E-state index >= 15 is 0 Å². The van der Waals surface area contributed by atoms with Gasteiger partial charge >= 0.3 is 17.9 Å². The van der Waals surface area contributed by atoms with E-state index in [1.807, 2.05) is 0 Å². The quantitative estimate of drug-likeness (QED) is 0.0262. The summed E-state index contributed by atoms with van der Waals surface area (Å²) >= 11 is 0. The van der Waals surface area contributed by atoms with Gasteiger partial charge in [0, 0.05) is 19.3 Å². The summed E-state index contributed by atoms with van der Waals surface area (Å²) in [6.07, 6.45) is 59.8. The highest BCUT2D eigenvalue weighted by Gasteiger charge is 2.19. The van der Waals surface area contributed by atoms with E-state index in [0.717, 1.165) is 89.9 Å². The summed E-state index contributed by atoms with van der Waals surface area (Å²) in [5.41, 5.74) is 0. The fourth-order valence-electron chi connectivity index (χ4n) is 7.77.